The highest BCUT2D eigenvalue weighted by molar-refractivity contribution is 7.80. The molecule has 0 aromatic heterocycles. The van der Waals surface area contributed by atoms with Crippen molar-refractivity contribution in [2.24, 2.45) is 5.92 Å². The molecule has 2 aliphatic rings. The smallest absolute Gasteiger partial charge is 0.236 e. The van der Waals surface area contributed by atoms with Crippen LogP contribution < -0.4 is 25.0 Å². The van der Waals surface area contributed by atoms with Crippen molar-refractivity contribution in [3.05, 3.63) is 83.4 Å². The Balaban J connectivity index is 1.63. The van der Waals surface area contributed by atoms with Gasteiger partial charge >= 0.3 is 0 Å². The quantitative estimate of drug-likeness (QED) is 0.514. The molecule has 34 heavy (non-hydrogen) atoms. The fraction of sp³-hybridized carbons (Fsp3) is 0.259. The van der Waals surface area contributed by atoms with Gasteiger partial charge < -0.3 is 20.1 Å². The molecule has 2 heterocycles. The molecule has 6 nitrogen and oxygen atoms in total. The summed E-state index contributed by atoms with van der Waals surface area (Å²) in [5.74, 6) is 0.626. The van der Waals surface area contributed by atoms with Crippen LogP contribution in [0.4, 0.5) is 11.4 Å². The first-order chi connectivity index (χ1) is 16.3. The van der Waals surface area contributed by atoms with E-state index in [2.05, 4.69) is 16.7 Å². The fourth-order valence-corrected chi connectivity index (χ4v) is 5.43. The summed E-state index contributed by atoms with van der Waals surface area (Å²) in [7, 11) is 1.62. The largest absolute Gasteiger partial charge is 0.497 e. The monoisotopic (exact) mass is 473 g/mol. The van der Waals surface area contributed by atoms with Gasteiger partial charge in [0.15, 0.2) is 10.8 Å². The topological polar surface area (TPSA) is 62.8 Å². The van der Waals surface area contributed by atoms with E-state index in [0.717, 1.165) is 28.1 Å². The van der Waals surface area contributed by atoms with Gasteiger partial charge in [0.2, 0.25) is 5.91 Å². The van der Waals surface area contributed by atoms with E-state index in [9.17, 15) is 4.79 Å². The number of nitrogens with zero attached hydrogens (tertiary/aromatic N) is 1. The Morgan fingerprint density at radius 2 is 1.88 bits per heavy atom. The van der Waals surface area contributed by atoms with Crippen molar-refractivity contribution in [1.82, 2.24) is 5.32 Å². The zero-order valence-corrected chi connectivity index (χ0v) is 20.4. The second-order valence-corrected chi connectivity index (χ2v) is 9.33. The van der Waals surface area contributed by atoms with Crippen molar-refractivity contribution in [3.63, 3.8) is 0 Å². The molecule has 3 aromatic carbocycles. The van der Waals surface area contributed by atoms with E-state index >= 15 is 0 Å². The number of amides is 1. The number of carbonyl (C=O) groups excluding carboxylic acids is 1. The normalized spacial score (nSPS) is 22.8. The van der Waals surface area contributed by atoms with Crippen LogP contribution >= 0.6 is 12.2 Å². The molecule has 0 spiro atoms. The maximum Gasteiger partial charge on any atom is 0.236 e. The third-order valence-electron chi connectivity index (χ3n) is 6.64. The Morgan fingerprint density at radius 1 is 1.12 bits per heavy atom. The highest BCUT2D eigenvalue weighted by Crippen LogP contribution is 2.50. The van der Waals surface area contributed by atoms with Crippen LogP contribution in [0.15, 0.2) is 66.7 Å². The first-order valence-corrected chi connectivity index (χ1v) is 11.6. The number of carbonyl (C=O) groups is 1. The van der Waals surface area contributed by atoms with Gasteiger partial charge in [0.25, 0.3) is 0 Å². The molecule has 0 saturated carbocycles. The van der Waals surface area contributed by atoms with Crippen molar-refractivity contribution in [2.45, 2.75) is 32.5 Å². The molecular formula is C27H27N3O3S. The van der Waals surface area contributed by atoms with E-state index in [1.165, 1.54) is 0 Å². The number of hydrogen-bond donors (Lipinski definition) is 2. The van der Waals surface area contributed by atoms with Crippen molar-refractivity contribution < 1.29 is 14.3 Å². The minimum atomic E-state index is -1.06. The molecule has 1 saturated heterocycles. The number of rotatable bonds is 4. The first kappa shape index (κ1) is 22.2. The molecule has 7 heteroatoms. The van der Waals surface area contributed by atoms with Gasteiger partial charge in [-0.15, -0.1) is 0 Å². The summed E-state index contributed by atoms with van der Waals surface area (Å²) in [5, 5.41) is 7.08. The highest BCUT2D eigenvalue weighted by atomic mass is 32.1. The van der Waals surface area contributed by atoms with E-state index < -0.39 is 11.6 Å². The SMILES string of the molecule is COc1ccc2c(c1)[C@@H]1NC(=S)N(c3ccccc3)[C@](C)(O2)[C@@H]1C(=O)Nc1ccc(C)cc1C. The van der Waals surface area contributed by atoms with Gasteiger partial charge in [-0.1, -0.05) is 35.9 Å². The van der Waals surface area contributed by atoms with E-state index in [1.54, 1.807) is 7.11 Å². The maximum atomic E-state index is 13.9. The number of fused-ring (bicyclic) bond motifs is 4. The van der Waals surface area contributed by atoms with Crippen LogP contribution in [0.2, 0.25) is 0 Å². The zero-order valence-electron chi connectivity index (χ0n) is 19.6. The van der Waals surface area contributed by atoms with E-state index in [1.807, 2.05) is 86.3 Å². The van der Waals surface area contributed by atoms with Crippen molar-refractivity contribution in [2.75, 3.05) is 17.3 Å². The minimum Gasteiger partial charge on any atom is -0.497 e. The highest BCUT2D eigenvalue weighted by Gasteiger charge is 2.59. The summed E-state index contributed by atoms with van der Waals surface area (Å²) in [4.78, 5) is 15.8. The number of thiocarbonyl (C=S) groups is 1. The van der Waals surface area contributed by atoms with Crippen LogP contribution in [-0.4, -0.2) is 23.9 Å². The molecule has 0 aliphatic carbocycles. The molecule has 0 unspecified atom stereocenters. The average Bonchev–Trinajstić information content (AvgIpc) is 2.80. The summed E-state index contributed by atoms with van der Waals surface area (Å²) in [5.41, 5.74) is 3.56. The Labute approximate surface area is 204 Å². The van der Waals surface area contributed by atoms with E-state index in [4.69, 9.17) is 21.7 Å². The Bertz CT molecular complexity index is 1280. The van der Waals surface area contributed by atoms with Gasteiger partial charge in [-0.05, 0) is 75.0 Å². The maximum absolute atomic E-state index is 13.9. The number of anilines is 2. The van der Waals surface area contributed by atoms with Gasteiger partial charge in [-0.2, -0.15) is 0 Å². The molecule has 174 valence electrons. The lowest BCUT2D eigenvalue weighted by Crippen LogP contribution is -2.72. The molecular weight excluding hydrogens is 446 g/mol. The summed E-state index contributed by atoms with van der Waals surface area (Å²) in [6, 6.07) is 21.0. The Morgan fingerprint density at radius 3 is 2.59 bits per heavy atom. The predicted octanol–water partition coefficient (Wildman–Crippen LogP) is 5.11. The number of aryl methyl sites for hydroxylation is 2. The second kappa shape index (κ2) is 8.33. The minimum absolute atomic E-state index is 0.149. The molecule has 2 aliphatic heterocycles. The number of nitrogens with one attached hydrogen (secondary N) is 2. The van der Waals surface area contributed by atoms with Gasteiger partial charge in [-0.25, -0.2) is 0 Å². The number of benzene rings is 3. The molecule has 3 atom stereocenters. The van der Waals surface area contributed by atoms with E-state index in [-0.39, 0.29) is 11.9 Å². The molecule has 0 radical (unpaired) electrons. The van der Waals surface area contributed by atoms with Crippen LogP contribution in [0.5, 0.6) is 11.5 Å². The van der Waals surface area contributed by atoms with Crippen molar-refractivity contribution in [3.8, 4) is 11.5 Å². The lowest BCUT2D eigenvalue weighted by atomic mass is 9.78. The second-order valence-electron chi connectivity index (χ2n) is 8.94. The van der Waals surface area contributed by atoms with Crippen LogP contribution in [0, 0.1) is 19.8 Å². The fourth-order valence-electron chi connectivity index (χ4n) is 5.02. The van der Waals surface area contributed by atoms with E-state index in [0.29, 0.717) is 16.6 Å². The molecule has 1 fully saturated rings. The van der Waals surface area contributed by atoms with Gasteiger partial charge in [-0.3, -0.25) is 9.69 Å². The standard InChI is InChI=1S/C27H27N3O3S/c1-16-10-12-21(17(2)14-16)28-25(31)23-24-20-15-19(32-4)11-13-22(20)33-27(23,3)30(26(34)29-24)18-8-6-5-7-9-18/h5-15,23-24H,1-4H3,(H,28,31)(H,29,34)/t23-,24-,27+/m0/s1. The van der Waals surface area contributed by atoms with Gasteiger partial charge in [0.1, 0.15) is 17.4 Å². The summed E-state index contributed by atoms with van der Waals surface area (Å²) >= 11 is 5.80. The number of para-hydroxylation sites is 1. The van der Waals surface area contributed by atoms with Crippen LogP contribution in [0.25, 0.3) is 0 Å². The summed E-state index contributed by atoms with van der Waals surface area (Å²) < 4.78 is 12.1. The predicted molar refractivity (Wildman–Crippen MR) is 137 cm³/mol. The summed E-state index contributed by atoms with van der Waals surface area (Å²) in [6.45, 7) is 5.96. The average molecular weight is 474 g/mol. The number of ether oxygens (including phenoxy) is 2. The van der Waals surface area contributed by atoms with Gasteiger partial charge in [0.05, 0.1) is 13.2 Å². The van der Waals surface area contributed by atoms with Crippen molar-refractivity contribution >= 4 is 34.6 Å². The molecule has 2 bridgehead atoms. The third kappa shape index (κ3) is 3.56. The summed E-state index contributed by atoms with van der Waals surface area (Å²) in [6.07, 6.45) is 0. The Hall–Kier alpha value is -3.58. The molecule has 3 aromatic rings. The lowest BCUT2D eigenvalue weighted by Gasteiger charge is -2.56. The molecule has 5 rings (SSSR count). The molecule has 2 N–H and O–H groups in total. The van der Waals surface area contributed by atoms with Crippen LogP contribution in [-0.2, 0) is 4.79 Å². The molecule has 1 amide bonds. The third-order valence-corrected chi connectivity index (χ3v) is 6.94. The van der Waals surface area contributed by atoms with Crippen molar-refractivity contribution in [1.29, 1.82) is 0 Å². The van der Waals surface area contributed by atoms with Gasteiger partial charge in [0, 0.05) is 16.9 Å². The number of hydrogen-bond acceptors (Lipinski definition) is 4. The first-order valence-electron chi connectivity index (χ1n) is 11.2. The Kier molecular flexibility index (Phi) is 5.44. The zero-order chi connectivity index (χ0) is 24.0. The number of methoxy groups -OCH3 is 1. The van der Waals surface area contributed by atoms with Crippen LogP contribution in [0.3, 0.4) is 0 Å². The lowest BCUT2D eigenvalue weighted by molar-refractivity contribution is -0.130. The van der Waals surface area contributed by atoms with Crippen LogP contribution in [0.1, 0.15) is 29.7 Å².